The predicted molar refractivity (Wildman–Crippen MR) is 113 cm³/mol. The summed E-state index contributed by atoms with van der Waals surface area (Å²) in [5.41, 5.74) is 2.39. The number of nitro groups is 1. The van der Waals surface area contributed by atoms with Gasteiger partial charge in [0.25, 0.3) is 5.69 Å². The zero-order valence-electron chi connectivity index (χ0n) is 16.1. The number of nitrogens with zero attached hydrogens (tertiary/aromatic N) is 2. The first-order chi connectivity index (χ1) is 13.7. The maximum atomic E-state index is 12.0. The summed E-state index contributed by atoms with van der Waals surface area (Å²) in [4.78, 5) is 14.9. The van der Waals surface area contributed by atoms with E-state index >= 15 is 0 Å². The maximum Gasteiger partial charge on any atom is 0.270 e. The molecular weight excluding hydrogens is 392 g/mol. The van der Waals surface area contributed by atoms with Gasteiger partial charge < -0.3 is 5.32 Å². The molecule has 0 unspecified atom stereocenters. The summed E-state index contributed by atoms with van der Waals surface area (Å²) >= 11 is 0. The first-order valence-electron chi connectivity index (χ1n) is 9.09. The third kappa shape index (κ3) is 5.72. The molecule has 0 aliphatic rings. The molecule has 0 aliphatic heterocycles. The van der Waals surface area contributed by atoms with Crippen molar-refractivity contribution in [2.24, 2.45) is 0 Å². The molecule has 2 aromatic carbocycles. The SMILES string of the molecule is CC(C)NS(=O)(=O)Cc1ccc(CNc2ccc3cc([N+](=O)[O-])ccc3n2)cc1. The highest BCUT2D eigenvalue weighted by molar-refractivity contribution is 7.88. The quantitative estimate of drug-likeness (QED) is 0.430. The number of aromatic nitrogens is 1. The van der Waals surface area contributed by atoms with E-state index in [0.29, 0.717) is 28.8 Å². The van der Waals surface area contributed by atoms with Crippen LogP contribution in [0, 0.1) is 10.1 Å². The zero-order chi connectivity index (χ0) is 21.0. The highest BCUT2D eigenvalue weighted by atomic mass is 32.2. The number of pyridine rings is 1. The molecule has 0 atom stereocenters. The van der Waals surface area contributed by atoms with Crippen molar-refractivity contribution in [2.75, 3.05) is 5.32 Å². The van der Waals surface area contributed by atoms with Crippen LogP contribution in [0.3, 0.4) is 0 Å². The largest absolute Gasteiger partial charge is 0.366 e. The van der Waals surface area contributed by atoms with E-state index in [0.717, 1.165) is 5.56 Å². The summed E-state index contributed by atoms with van der Waals surface area (Å²) in [6, 6.07) is 15.3. The minimum atomic E-state index is -3.35. The average molecular weight is 414 g/mol. The lowest BCUT2D eigenvalue weighted by molar-refractivity contribution is -0.384. The lowest BCUT2D eigenvalue weighted by Gasteiger charge is -2.10. The molecule has 0 bridgehead atoms. The van der Waals surface area contributed by atoms with E-state index in [-0.39, 0.29) is 17.5 Å². The van der Waals surface area contributed by atoms with E-state index in [4.69, 9.17) is 0 Å². The second-order valence-electron chi connectivity index (χ2n) is 7.03. The number of non-ortho nitro benzene ring substituents is 1. The van der Waals surface area contributed by atoms with Crippen molar-refractivity contribution < 1.29 is 13.3 Å². The van der Waals surface area contributed by atoms with Crippen LogP contribution < -0.4 is 10.0 Å². The Bertz CT molecular complexity index is 1130. The molecule has 8 nitrogen and oxygen atoms in total. The first-order valence-corrected chi connectivity index (χ1v) is 10.7. The van der Waals surface area contributed by atoms with Gasteiger partial charge in [-0.1, -0.05) is 24.3 Å². The molecule has 3 rings (SSSR count). The van der Waals surface area contributed by atoms with Crippen molar-refractivity contribution in [2.45, 2.75) is 32.2 Å². The van der Waals surface area contributed by atoms with Crippen molar-refractivity contribution in [3.05, 3.63) is 75.8 Å². The molecule has 0 saturated carbocycles. The molecule has 0 fully saturated rings. The van der Waals surface area contributed by atoms with Crippen molar-refractivity contribution in [1.82, 2.24) is 9.71 Å². The normalized spacial score (nSPS) is 11.7. The molecule has 0 saturated heterocycles. The first kappa shape index (κ1) is 20.7. The second-order valence-corrected chi connectivity index (χ2v) is 8.79. The third-order valence-electron chi connectivity index (χ3n) is 4.15. The van der Waals surface area contributed by atoms with Gasteiger partial charge in [0.1, 0.15) is 5.82 Å². The van der Waals surface area contributed by atoms with Crippen LogP contribution in [0.25, 0.3) is 10.9 Å². The van der Waals surface area contributed by atoms with E-state index in [1.54, 1.807) is 44.2 Å². The molecule has 2 N–H and O–H groups in total. The molecule has 3 aromatic rings. The van der Waals surface area contributed by atoms with Crippen LogP contribution in [0.4, 0.5) is 11.5 Å². The number of fused-ring (bicyclic) bond motifs is 1. The summed E-state index contributed by atoms with van der Waals surface area (Å²) in [6.07, 6.45) is 0. The summed E-state index contributed by atoms with van der Waals surface area (Å²) in [5.74, 6) is 0.594. The molecule has 0 amide bonds. The molecule has 29 heavy (non-hydrogen) atoms. The summed E-state index contributed by atoms with van der Waals surface area (Å²) in [5, 5.41) is 14.8. The van der Waals surface area contributed by atoms with Gasteiger partial charge in [0.05, 0.1) is 16.2 Å². The number of nitrogens with one attached hydrogen (secondary N) is 2. The highest BCUT2D eigenvalue weighted by Gasteiger charge is 2.13. The predicted octanol–water partition coefficient (Wildman–Crippen LogP) is 3.58. The number of hydrogen-bond acceptors (Lipinski definition) is 6. The Morgan fingerprint density at radius 2 is 1.72 bits per heavy atom. The minimum absolute atomic E-state index is 0.0331. The van der Waals surface area contributed by atoms with E-state index in [9.17, 15) is 18.5 Å². The number of rotatable bonds is 8. The summed E-state index contributed by atoms with van der Waals surface area (Å²) < 4.78 is 26.6. The minimum Gasteiger partial charge on any atom is -0.366 e. The van der Waals surface area contributed by atoms with Gasteiger partial charge in [0.15, 0.2) is 0 Å². The fourth-order valence-corrected chi connectivity index (χ4v) is 4.32. The fraction of sp³-hybridized carbons (Fsp3) is 0.250. The van der Waals surface area contributed by atoms with E-state index in [2.05, 4.69) is 15.0 Å². The number of hydrogen-bond donors (Lipinski definition) is 2. The topological polar surface area (TPSA) is 114 Å². The van der Waals surface area contributed by atoms with Gasteiger partial charge in [-0.3, -0.25) is 10.1 Å². The van der Waals surface area contributed by atoms with Crippen molar-refractivity contribution in [3.8, 4) is 0 Å². The van der Waals surface area contributed by atoms with Crippen LogP contribution in [-0.4, -0.2) is 24.4 Å². The van der Waals surface area contributed by atoms with Crippen molar-refractivity contribution in [3.63, 3.8) is 0 Å². The molecule has 1 heterocycles. The van der Waals surface area contributed by atoms with E-state index in [1.165, 1.54) is 12.1 Å². The van der Waals surface area contributed by atoms with Crippen LogP contribution in [0.15, 0.2) is 54.6 Å². The van der Waals surface area contributed by atoms with Gasteiger partial charge in [-0.25, -0.2) is 18.1 Å². The highest BCUT2D eigenvalue weighted by Crippen LogP contribution is 2.21. The molecule has 0 spiro atoms. The molecule has 0 aliphatic carbocycles. The fourth-order valence-electron chi connectivity index (χ4n) is 2.89. The van der Waals surface area contributed by atoms with Crippen LogP contribution >= 0.6 is 0 Å². The summed E-state index contributed by atoms with van der Waals surface area (Å²) in [7, 11) is -3.35. The van der Waals surface area contributed by atoms with Gasteiger partial charge >= 0.3 is 0 Å². The van der Waals surface area contributed by atoms with Crippen molar-refractivity contribution in [1.29, 1.82) is 0 Å². The maximum absolute atomic E-state index is 12.0. The number of anilines is 1. The smallest absolute Gasteiger partial charge is 0.270 e. The van der Waals surface area contributed by atoms with Gasteiger partial charge in [0.2, 0.25) is 10.0 Å². The Balaban J connectivity index is 1.64. The Hall–Kier alpha value is -3.04. The van der Waals surface area contributed by atoms with Crippen LogP contribution in [-0.2, 0) is 22.3 Å². The van der Waals surface area contributed by atoms with Crippen molar-refractivity contribution >= 4 is 32.4 Å². The number of benzene rings is 2. The van der Waals surface area contributed by atoms with Crippen LogP contribution in [0.2, 0.25) is 0 Å². The number of sulfonamides is 1. The molecule has 1 aromatic heterocycles. The Morgan fingerprint density at radius 3 is 2.38 bits per heavy atom. The average Bonchev–Trinajstić information content (AvgIpc) is 2.65. The summed E-state index contributed by atoms with van der Waals surface area (Å²) in [6.45, 7) is 4.09. The molecule has 152 valence electrons. The molecule has 0 radical (unpaired) electrons. The standard InChI is InChI=1S/C20H22N4O4S/c1-14(2)23-29(27,28)13-16-5-3-15(4-6-16)12-21-20-10-7-17-11-18(24(25)26)8-9-19(17)22-20/h3-11,14,23H,12-13H2,1-2H3,(H,21,22). The third-order valence-corrected chi connectivity index (χ3v) is 5.70. The lowest BCUT2D eigenvalue weighted by atomic mass is 10.1. The lowest BCUT2D eigenvalue weighted by Crippen LogP contribution is -2.31. The van der Waals surface area contributed by atoms with E-state index < -0.39 is 14.9 Å². The zero-order valence-corrected chi connectivity index (χ0v) is 16.9. The van der Waals surface area contributed by atoms with Gasteiger partial charge in [-0.05, 0) is 43.2 Å². The van der Waals surface area contributed by atoms with Crippen LogP contribution in [0.5, 0.6) is 0 Å². The Labute approximate surface area is 169 Å². The van der Waals surface area contributed by atoms with E-state index in [1.807, 2.05) is 12.1 Å². The van der Waals surface area contributed by atoms with Gasteiger partial charge in [0, 0.05) is 30.1 Å². The molecule has 9 heteroatoms. The second kappa shape index (κ2) is 8.54. The van der Waals surface area contributed by atoms with Crippen LogP contribution in [0.1, 0.15) is 25.0 Å². The molecular formula is C20H22N4O4S. The monoisotopic (exact) mass is 414 g/mol. The number of nitro benzene ring substituents is 1. The van der Waals surface area contributed by atoms with Gasteiger partial charge in [-0.15, -0.1) is 0 Å². The van der Waals surface area contributed by atoms with Gasteiger partial charge in [-0.2, -0.15) is 0 Å². The Kier molecular flexibility index (Phi) is 6.09. The Morgan fingerprint density at radius 1 is 1.03 bits per heavy atom.